The zero-order chi connectivity index (χ0) is 22.9. The average molecular weight is 476 g/mol. The van der Waals surface area contributed by atoms with Gasteiger partial charge in [0, 0.05) is 31.7 Å². The van der Waals surface area contributed by atoms with Gasteiger partial charge in [-0.15, -0.1) is 0 Å². The highest BCUT2D eigenvalue weighted by atomic mass is 32.2. The number of nitrogens with zero attached hydrogens (tertiary/aromatic N) is 2. The van der Waals surface area contributed by atoms with Crippen LogP contribution in [0, 0.1) is 13.8 Å². The number of aryl methyl sites for hydroxylation is 3. The van der Waals surface area contributed by atoms with Crippen LogP contribution in [0.2, 0.25) is 0 Å². The number of ether oxygens (including phenoxy) is 1. The first-order chi connectivity index (χ1) is 15.2. The molecule has 3 aromatic rings. The molecule has 32 heavy (non-hydrogen) atoms. The van der Waals surface area contributed by atoms with Gasteiger partial charge in [0.05, 0.1) is 28.3 Å². The maximum absolute atomic E-state index is 12.9. The number of thiazole rings is 1. The van der Waals surface area contributed by atoms with Gasteiger partial charge in [-0.25, -0.2) is 8.42 Å². The third-order valence-electron chi connectivity index (χ3n) is 5.34. The fraction of sp³-hybridized carbons (Fsp3) is 0.364. The molecule has 1 saturated heterocycles. The van der Waals surface area contributed by atoms with Gasteiger partial charge in [0.15, 0.2) is 0 Å². The maximum Gasteiger partial charge on any atom is 0.308 e. The fourth-order valence-electron chi connectivity index (χ4n) is 3.85. The molecular weight excluding hydrogens is 450 g/mol. The quantitative estimate of drug-likeness (QED) is 0.591. The highest BCUT2D eigenvalue weighted by Gasteiger charge is 2.20. The van der Waals surface area contributed by atoms with Crippen molar-refractivity contribution in [3.05, 3.63) is 57.2 Å². The van der Waals surface area contributed by atoms with E-state index >= 15 is 0 Å². The molecular formula is C22H25N3O5S2. The number of benzene rings is 2. The third kappa shape index (κ3) is 4.87. The van der Waals surface area contributed by atoms with E-state index in [1.807, 2.05) is 19.9 Å². The summed E-state index contributed by atoms with van der Waals surface area (Å²) in [4.78, 5) is 26.6. The number of nitrogens with one attached hydrogen (secondary N) is 1. The molecule has 8 nitrogen and oxygen atoms in total. The Hall–Kier alpha value is -2.69. The first-order valence-electron chi connectivity index (χ1n) is 10.3. The molecule has 10 heteroatoms. The lowest BCUT2D eigenvalue weighted by Crippen LogP contribution is -2.41. The molecule has 0 unspecified atom stereocenters. The summed E-state index contributed by atoms with van der Waals surface area (Å²) >= 11 is 0.978. The number of hydrogen-bond donors (Lipinski definition) is 1. The third-order valence-corrected chi connectivity index (χ3v) is 7.66. The molecule has 0 spiro atoms. The van der Waals surface area contributed by atoms with E-state index in [1.54, 1.807) is 23.1 Å². The number of morpholine rings is 1. The number of carbonyl (C=O) groups is 1. The van der Waals surface area contributed by atoms with Gasteiger partial charge in [-0.3, -0.25) is 18.9 Å². The predicted molar refractivity (Wildman–Crippen MR) is 125 cm³/mol. The number of aromatic nitrogens is 1. The molecule has 4 rings (SSSR count). The first-order valence-corrected chi connectivity index (χ1v) is 12.6. The molecule has 1 N–H and O–H groups in total. The molecule has 1 aliphatic heterocycles. The molecule has 0 bridgehead atoms. The van der Waals surface area contributed by atoms with Crippen molar-refractivity contribution < 1.29 is 17.9 Å². The Bertz CT molecular complexity index is 1300. The Labute approximate surface area is 190 Å². The second kappa shape index (κ2) is 9.05. The number of fused-ring (bicyclic) bond motifs is 1. The number of sulfonamides is 1. The average Bonchev–Trinajstić information content (AvgIpc) is 3.05. The van der Waals surface area contributed by atoms with E-state index in [0.717, 1.165) is 22.5 Å². The van der Waals surface area contributed by atoms with Gasteiger partial charge < -0.3 is 9.64 Å². The van der Waals surface area contributed by atoms with Gasteiger partial charge in [-0.05, 0) is 55.3 Å². The van der Waals surface area contributed by atoms with Gasteiger partial charge in [-0.2, -0.15) is 0 Å². The van der Waals surface area contributed by atoms with Crippen molar-refractivity contribution in [2.24, 2.45) is 0 Å². The van der Waals surface area contributed by atoms with Gasteiger partial charge >= 0.3 is 4.87 Å². The lowest BCUT2D eigenvalue weighted by atomic mass is 10.1. The SMILES string of the molecule is Cc1cc(C)cc(NS(=O)(=O)c2ccc3c(c2)sc(=O)n3CCC(=O)N2CCOCC2)c1. The summed E-state index contributed by atoms with van der Waals surface area (Å²) in [6.45, 7) is 6.24. The fourth-order valence-corrected chi connectivity index (χ4v) is 5.95. The highest BCUT2D eigenvalue weighted by molar-refractivity contribution is 7.92. The molecule has 2 aromatic carbocycles. The van der Waals surface area contributed by atoms with E-state index in [2.05, 4.69) is 4.72 Å². The Morgan fingerprint density at radius 1 is 1.09 bits per heavy atom. The van der Waals surface area contributed by atoms with E-state index in [-0.39, 0.29) is 28.6 Å². The van der Waals surface area contributed by atoms with Crippen molar-refractivity contribution in [1.82, 2.24) is 9.47 Å². The lowest BCUT2D eigenvalue weighted by molar-refractivity contribution is -0.135. The minimum absolute atomic E-state index is 0.0172. The molecule has 0 aliphatic carbocycles. The second-order valence-corrected chi connectivity index (χ2v) is 10.5. The molecule has 1 aliphatic rings. The van der Waals surface area contributed by atoms with Crippen LogP contribution in [-0.2, 0) is 26.1 Å². The predicted octanol–water partition coefficient (Wildman–Crippen LogP) is 2.73. The van der Waals surface area contributed by atoms with Gasteiger partial charge in [0.25, 0.3) is 10.0 Å². The molecule has 2 heterocycles. The normalized spacial score (nSPS) is 14.6. The maximum atomic E-state index is 12.9. The van der Waals surface area contributed by atoms with Crippen LogP contribution in [0.25, 0.3) is 10.2 Å². The van der Waals surface area contributed by atoms with Crippen molar-refractivity contribution in [3.8, 4) is 0 Å². The van der Waals surface area contributed by atoms with Crippen LogP contribution in [0.4, 0.5) is 5.69 Å². The molecule has 1 amide bonds. The number of anilines is 1. The van der Waals surface area contributed by atoms with E-state index in [1.165, 1.54) is 16.7 Å². The molecule has 1 fully saturated rings. The van der Waals surface area contributed by atoms with Gasteiger partial charge in [-0.1, -0.05) is 17.4 Å². The van der Waals surface area contributed by atoms with E-state index < -0.39 is 10.0 Å². The number of carbonyl (C=O) groups excluding carboxylic acids is 1. The van der Waals surface area contributed by atoms with Crippen molar-refractivity contribution in [3.63, 3.8) is 0 Å². The first kappa shape index (κ1) is 22.5. The summed E-state index contributed by atoms with van der Waals surface area (Å²) in [6, 6.07) is 10.1. The van der Waals surface area contributed by atoms with Crippen LogP contribution in [0.5, 0.6) is 0 Å². The van der Waals surface area contributed by atoms with Crippen LogP contribution in [0.1, 0.15) is 17.5 Å². The van der Waals surface area contributed by atoms with E-state index in [0.29, 0.717) is 42.2 Å². The number of hydrogen-bond acceptors (Lipinski definition) is 6. The minimum Gasteiger partial charge on any atom is -0.378 e. The molecule has 170 valence electrons. The number of amides is 1. The Morgan fingerprint density at radius 3 is 2.47 bits per heavy atom. The lowest BCUT2D eigenvalue weighted by Gasteiger charge is -2.26. The van der Waals surface area contributed by atoms with Crippen LogP contribution in [0.15, 0.2) is 46.1 Å². The van der Waals surface area contributed by atoms with Crippen LogP contribution >= 0.6 is 11.3 Å². The van der Waals surface area contributed by atoms with Crippen molar-refractivity contribution >= 4 is 43.2 Å². The summed E-state index contributed by atoms with van der Waals surface area (Å²) in [7, 11) is -3.81. The smallest absolute Gasteiger partial charge is 0.308 e. The highest BCUT2D eigenvalue weighted by Crippen LogP contribution is 2.24. The zero-order valence-corrected chi connectivity index (χ0v) is 19.6. The van der Waals surface area contributed by atoms with Gasteiger partial charge in [0.1, 0.15) is 0 Å². The molecule has 0 saturated carbocycles. The van der Waals surface area contributed by atoms with E-state index in [9.17, 15) is 18.0 Å². The number of rotatable bonds is 6. The summed E-state index contributed by atoms with van der Waals surface area (Å²) < 4.78 is 35.8. The monoisotopic (exact) mass is 475 g/mol. The summed E-state index contributed by atoms with van der Waals surface area (Å²) in [6.07, 6.45) is 0.208. The minimum atomic E-state index is -3.81. The summed E-state index contributed by atoms with van der Waals surface area (Å²) in [5, 5.41) is 0. The van der Waals surface area contributed by atoms with Crippen LogP contribution in [-0.4, -0.2) is 50.1 Å². The van der Waals surface area contributed by atoms with Crippen molar-refractivity contribution in [2.45, 2.75) is 31.7 Å². The molecule has 0 radical (unpaired) electrons. The summed E-state index contributed by atoms with van der Waals surface area (Å²) in [5.74, 6) is -0.0172. The topological polar surface area (TPSA) is 97.7 Å². The largest absolute Gasteiger partial charge is 0.378 e. The van der Waals surface area contributed by atoms with Crippen molar-refractivity contribution in [2.75, 3.05) is 31.0 Å². The van der Waals surface area contributed by atoms with Crippen molar-refractivity contribution in [1.29, 1.82) is 0 Å². The Kier molecular flexibility index (Phi) is 6.36. The van der Waals surface area contributed by atoms with Crippen LogP contribution < -0.4 is 9.60 Å². The Balaban J connectivity index is 1.54. The molecule has 1 aromatic heterocycles. The Morgan fingerprint density at radius 2 is 1.78 bits per heavy atom. The summed E-state index contributed by atoms with van der Waals surface area (Å²) in [5.41, 5.74) is 3.04. The van der Waals surface area contributed by atoms with Crippen LogP contribution in [0.3, 0.4) is 0 Å². The van der Waals surface area contributed by atoms with E-state index in [4.69, 9.17) is 4.74 Å². The molecule has 0 atom stereocenters. The standard InChI is InChI=1S/C22H25N3O5S2/c1-15-11-16(2)13-17(12-15)23-32(28,29)18-3-4-19-20(14-18)31-22(27)25(19)6-5-21(26)24-7-9-30-10-8-24/h3-4,11-14,23H,5-10H2,1-2H3. The van der Waals surface area contributed by atoms with Gasteiger partial charge in [0.2, 0.25) is 5.91 Å². The second-order valence-electron chi connectivity index (χ2n) is 7.87. The zero-order valence-electron chi connectivity index (χ0n) is 18.0.